The summed E-state index contributed by atoms with van der Waals surface area (Å²) in [6.07, 6.45) is 0. The summed E-state index contributed by atoms with van der Waals surface area (Å²) >= 11 is 1.62. The molecular formula is C16H18N2O2S. The van der Waals surface area contributed by atoms with Crippen molar-refractivity contribution in [3.8, 4) is 0 Å². The van der Waals surface area contributed by atoms with Crippen LogP contribution in [-0.4, -0.2) is 18.2 Å². The van der Waals surface area contributed by atoms with Gasteiger partial charge in [0, 0.05) is 16.1 Å². The van der Waals surface area contributed by atoms with Gasteiger partial charge in [-0.15, -0.1) is 11.3 Å². The molecule has 0 saturated carbocycles. The normalized spacial score (nSPS) is 11.7. The maximum absolute atomic E-state index is 11.9. The van der Waals surface area contributed by atoms with Crippen molar-refractivity contribution in [2.24, 2.45) is 0 Å². The zero-order valence-corrected chi connectivity index (χ0v) is 12.9. The smallest absolute Gasteiger partial charge is 0.239 e. The number of carbonyl (C=O) groups excluding carboxylic acids is 2. The second kappa shape index (κ2) is 7.04. The van der Waals surface area contributed by atoms with E-state index in [1.165, 1.54) is 6.92 Å². The molecule has 1 amide bonds. The minimum atomic E-state index is -0.0795. The number of amides is 1. The molecule has 0 fully saturated rings. The average molecular weight is 302 g/mol. The van der Waals surface area contributed by atoms with Crippen LogP contribution in [0.1, 0.15) is 35.1 Å². The Bertz CT molecular complexity index is 623. The number of carbonyl (C=O) groups is 2. The Morgan fingerprint density at radius 1 is 1.24 bits per heavy atom. The highest BCUT2D eigenvalue weighted by atomic mass is 32.1. The van der Waals surface area contributed by atoms with Crippen LogP contribution in [0.4, 0.5) is 5.69 Å². The molecule has 0 aliphatic carbocycles. The van der Waals surface area contributed by atoms with Gasteiger partial charge in [-0.1, -0.05) is 18.2 Å². The highest BCUT2D eigenvalue weighted by Gasteiger charge is 2.10. The molecule has 2 rings (SSSR count). The summed E-state index contributed by atoms with van der Waals surface area (Å²) in [6.45, 7) is 3.66. The summed E-state index contributed by atoms with van der Waals surface area (Å²) in [7, 11) is 0. The first-order valence-corrected chi connectivity index (χ1v) is 7.62. The third-order valence-corrected chi connectivity index (χ3v) is 4.12. The lowest BCUT2D eigenvalue weighted by Gasteiger charge is -2.13. The van der Waals surface area contributed by atoms with Gasteiger partial charge in [0.05, 0.1) is 12.6 Å². The van der Waals surface area contributed by atoms with Crippen LogP contribution in [0.5, 0.6) is 0 Å². The van der Waals surface area contributed by atoms with Crippen molar-refractivity contribution in [1.29, 1.82) is 0 Å². The Morgan fingerprint density at radius 3 is 2.71 bits per heavy atom. The summed E-state index contributed by atoms with van der Waals surface area (Å²) in [4.78, 5) is 24.3. The van der Waals surface area contributed by atoms with Crippen LogP contribution in [0.3, 0.4) is 0 Å². The summed E-state index contributed by atoms with van der Waals surface area (Å²) in [5, 5.41) is 7.95. The summed E-state index contributed by atoms with van der Waals surface area (Å²) in [6, 6.07) is 11.1. The third kappa shape index (κ3) is 4.43. The molecule has 1 atom stereocenters. The molecule has 1 aromatic carbocycles. The number of anilines is 1. The maximum atomic E-state index is 11.9. The van der Waals surface area contributed by atoms with Crippen LogP contribution in [0.25, 0.3) is 0 Å². The minimum Gasteiger partial charge on any atom is -0.376 e. The molecule has 0 aliphatic heterocycles. The predicted octanol–water partition coefficient (Wildman–Crippen LogP) is 3.24. The number of hydrogen-bond donors (Lipinski definition) is 2. The summed E-state index contributed by atoms with van der Waals surface area (Å²) in [5.74, 6) is -0.0708. The zero-order valence-electron chi connectivity index (χ0n) is 12.1. The molecule has 1 unspecified atom stereocenters. The van der Waals surface area contributed by atoms with Gasteiger partial charge < -0.3 is 10.6 Å². The fraction of sp³-hybridized carbons (Fsp3) is 0.250. The van der Waals surface area contributed by atoms with Crippen molar-refractivity contribution < 1.29 is 9.59 Å². The van der Waals surface area contributed by atoms with Crippen LogP contribution in [0.15, 0.2) is 41.8 Å². The number of rotatable bonds is 6. The number of hydrogen-bond acceptors (Lipinski definition) is 4. The van der Waals surface area contributed by atoms with E-state index in [0.717, 1.165) is 10.6 Å². The molecule has 0 bridgehead atoms. The van der Waals surface area contributed by atoms with Crippen LogP contribution in [0.2, 0.25) is 0 Å². The second-order valence-electron chi connectivity index (χ2n) is 4.80. The van der Waals surface area contributed by atoms with Crippen LogP contribution in [0, 0.1) is 0 Å². The van der Waals surface area contributed by atoms with Crippen LogP contribution >= 0.6 is 11.3 Å². The third-order valence-electron chi connectivity index (χ3n) is 3.07. The van der Waals surface area contributed by atoms with Gasteiger partial charge in [-0.05, 0) is 37.4 Å². The van der Waals surface area contributed by atoms with Gasteiger partial charge in [0.15, 0.2) is 5.78 Å². The Hall–Kier alpha value is -2.14. The molecule has 0 aliphatic rings. The predicted molar refractivity (Wildman–Crippen MR) is 85.8 cm³/mol. The molecule has 5 heteroatoms. The molecule has 0 spiro atoms. The van der Waals surface area contributed by atoms with Crippen LogP contribution < -0.4 is 10.6 Å². The molecule has 2 N–H and O–H groups in total. The number of benzene rings is 1. The van der Waals surface area contributed by atoms with E-state index >= 15 is 0 Å². The number of Topliss-reactive ketones (excluding diaryl/α,β-unsaturated/α-hetero) is 1. The average Bonchev–Trinajstić information content (AvgIpc) is 2.99. The topological polar surface area (TPSA) is 58.2 Å². The number of thiophene rings is 1. The molecule has 0 saturated heterocycles. The zero-order chi connectivity index (χ0) is 15.2. The van der Waals surface area contributed by atoms with Crippen LogP contribution in [-0.2, 0) is 4.79 Å². The highest BCUT2D eigenvalue weighted by molar-refractivity contribution is 7.10. The first-order chi connectivity index (χ1) is 10.1. The van der Waals surface area contributed by atoms with Gasteiger partial charge in [0.25, 0.3) is 0 Å². The largest absolute Gasteiger partial charge is 0.376 e. The summed E-state index contributed by atoms with van der Waals surface area (Å²) < 4.78 is 0. The Balaban J connectivity index is 1.86. The van der Waals surface area contributed by atoms with Gasteiger partial charge in [0.1, 0.15) is 0 Å². The lowest BCUT2D eigenvalue weighted by molar-refractivity contribution is -0.120. The maximum Gasteiger partial charge on any atom is 0.239 e. The standard InChI is InChI=1S/C16H18N2O2S/c1-11(15-7-4-8-21-15)18-16(20)10-17-14-6-3-5-13(9-14)12(2)19/h3-9,11,17H,10H2,1-2H3,(H,18,20). The van der Waals surface area contributed by atoms with Gasteiger partial charge in [-0.2, -0.15) is 0 Å². The Kier molecular flexibility index (Phi) is 5.11. The molecule has 2 aromatic rings. The number of ketones is 1. The van der Waals surface area contributed by atoms with E-state index in [2.05, 4.69) is 10.6 Å². The van der Waals surface area contributed by atoms with Crippen molar-refractivity contribution in [1.82, 2.24) is 5.32 Å². The first kappa shape index (κ1) is 15.3. The lowest BCUT2D eigenvalue weighted by atomic mass is 10.1. The number of nitrogens with one attached hydrogen (secondary N) is 2. The molecule has 0 radical (unpaired) electrons. The van der Waals surface area contributed by atoms with Gasteiger partial charge in [-0.3, -0.25) is 9.59 Å². The van der Waals surface area contributed by atoms with Gasteiger partial charge in [-0.25, -0.2) is 0 Å². The minimum absolute atomic E-state index is 0.00264. The second-order valence-corrected chi connectivity index (χ2v) is 5.77. The highest BCUT2D eigenvalue weighted by Crippen LogP contribution is 2.18. The Labute approximate surface area is 128 Å². The van der Waals surface area contributed by atoms with E-state index in [9.17, 15) is 9.59 Å². The first-order valence-electron chi connectivity index (χ1n) is 6.74. The van der Waals surface area contributed by atoms with Crippen molar-refractivity contribution in [3.63, 3.8) is 0 Å². The Morgan fingerprint density at radius 2 is 2.05 bits per heavy atom. The molecule has 1 aromatic heterocycles. The van der Waals surface area contributed by atoms with E-state index in [4.69, 9.17) is 0 Å². The monoisotopic (exact) mass is 302 g/mol. The molecular weight excluding hydrogens is 284 g/mol. The summed E-state index contributed by atoms with van der Waals surface area (Å²) in [5.41, 5.74) is 1.40. The lowest BCUT2D eigenvalue weighted by Crippen LogP contribution is -2.31. The van der Waals surface area contributed by atoms with E-state index in [1.807, 2.05) is 30.5 Å². The van der Waals surface area contributed by atoms with Crippen molar-refractivity contribution >= 4 is 28.7 Å². The van der Waals surface area contributed by atoms with Crippen molar-refractivity contribution in [2.75, 3.05) is 11.9 Å². The van der Waals surface area contributed by atoms with Gasteiger partial charge >= 0.3 is 0 Å². The van der Waals surface area contributed by atoms with Crippen molar-refractivity contribution in [2.45, 2.75) is 19.9 Å². The fourth-order valence-corrected chi connectivity index (χ4v) is 2.67. The quantitative estimate of drug-likeness (QED) is 0.805. The SMILES string of the molecule is CC(=O)c1cccc(NCC(=O)NC(C)c2cccs2)c1. The molecule has 21 heavy (non-hydrogen) atoms. The molecule has 4 nitrogen and oxygen atoms in total. The van der Waals surface area contributed by atoms with Crippen molar-refractivity contribution in [3.05, 3.63) is 52.2 Å². The van der Waals surface area contributed by atoms with E-state index in [1.54, 1.807) is 29.5 Å². The van der Waals surface area contributed by atoms with E-state index < -0.39 is 0 Å². The van der Waals surface area contributed by atoms with E-state index in [-0.39, 0.29) is 24.3 Å². The van der Waals surface area contributed by atoms with E-state index in [0.29, 0.717) is 5.56 Å². The van der Waals surface area contributed by atoms with Gasteiger partial charge in [0.2, 0.25) is 5.91 Å². The fourth-order valence-electron chi connectivity index (χ4n) is 1.93. The molecule has 1 heterocycles. The molecule has 110 valence electrons.